The van der Waals surface area contributed by atoms with Crippen molar-refractivity contribution in [2.75, 3.05) is 0 Å². The molecule has 49 heavy (non-hydrogen) atoms. The molecule has 1 aliphatic carbocycles. The number of hydrogen-bond acceptors (Lipinski definition) is 2. The highest BCUT2D eigenvalue weighted by atomic mass is 14.9. The average molecular weight is 623 g/mol. The highest BCUT2D eigenvalue weighted by Gasteiger charge is 2.46. The van der Waals surface area contributed by atoms with E-state index in [2.05, 4.69) is 176 Å². The lowest BCUT2D eigenvalue weighted by Gasteiger charge is -2.34. The molecular weight excluding hydrogens is 593 g/mol. The van der Waals surface area contributed by atoms with E-state index < -0.39 is 5.41 Å². The summed E-state index contributed by atoms with van der Waals surface area (Å²) in [5.74, 6) is 0.728. The fourth-order valence-electron chi connectivity index (χ4n) is 8.13. The first-order valence-electron chi connectivity index (χ1n) is 16.8. The van der Waals surface area contributed by atoms with Crippen molar-refractivity contribution in [3.8, 4) is 33.8 Å². The van der Waals surface area contributed by atoms with E-state index in [-0.39, 0.29) is 0 Å². The zero-order valence-corrected chi connectivity index (χ0v) is 26.7. The van der Waals surface area contributed by atoms with Gasteiger partial charge in [-0.05, 0) is 73.8 Å². The lowest BCUT2D eigenvalue weighted by Crippen LogP contribution is -2.28. The minimum atomic E-state index is -0.447. The summed E-state index contributed by atoms with van der Waals surface area (Å²) in [5, 5.41) is 5.73. The summed E-state index contributed by atoms with van der Waals surface area (Å²) < 4.78 is 0. The van der Waals surface area contributed by atoms with E-state index in [1.807, 2.05) is 6.07 Å². The van der Waals surface area contributed by atoms with Crippen LogP contribution < -0.4 is 0 Å². The monoisotopic (exact) mass is 622 g/mol. The molecule has 0 spiro atoms. The molecular formula is C47H30N2. The highest BCUT2D eigenvalue weighted by molar-refractivity contribution is 6.10. The second kappa shape index (κ2) is 10.8. The predicted octanol–water partition coefficient (Wildman–Crippen LogP) is 11.6. The zero-order valence-electron chi connectivity index (χ0n) is 26.7. The van der Waals surface area contributed by atoms with E-state index in [1.54, 1.807) is 0 Å². The van der Waals surface area contributed by atoms with Crippen molar-refractivity contribution in [1.29, 1.82) is 0 Å². The SMILES string of the molecule is c1ccc(-c2nc(-c3ccc4cc5c(cc4c3)C(c3ccccc3)(c3ccccc3)c3ccccc3-5)nc3c2ccc2ccccc23)cc1. The Kier molecular flexibility index (Phi) is 6.13. The van der Waals surface area contributed by atoms with Crippen LogP contribution in [-0.2, 0) is 5.41 Å². The third-order valence-electron chi connectivity index (χ3n) is 10.3. The largest absolute Gasteiger partial charge is 0.227 e. The molecule has 2 nitrogen and oxygen atoms in total. The summed E-state index contributed by atoms with van der Waals surface area (Å²) in [6.45, 7) is 0. The van der Waals surface area contributed by atoms with Gasteiger partial charge in [-0.25, -0.2) is 9.97 Å². The van der Waals surface area contributed by atoms with Gasteiger partial charge >= 0.3 is 0 Å². The maximum Gasteiger partial charge on any atom is 0.160 e. The molecule has 9 aromatic rings. The molecule has 0 unspecified atom stereocenters. The fourth-order valence-corrected chi connectivity index (χ4v) is 8.13. The van der Waals surface area contributed by atoms with Crippen molar-refractivity contribution in [3.05, 3.63) is 204 Å². The van der Waals surface area contributed by atoms with Gasteiger partial charge in [0.25, 0.3) is 0 Å². The Morgan fingerprint density at radius 2 is 1.02 bits per heavy atom. The first kappa shape index (κ1) is 27.7. The minimum Gasteiger partial charge on any atom is -0.227 e. The Labute approximate surface area is 285 Å². The van der Waals surface area contributed by atoms with E-state index >= 15 is 0 Å². The molecule has 8 aromatic carbocycles. The summed E-state index contributed by atoms with van der Waals surface area (Å²) in [6, 6.07) is 65.6. The molecule has 0 fully saturated rings. The van der Waals surface area contributed by atoms with Crippen LogP contribution in [0.3, 0.4) is 0 Å². The average Bonchev–Trinajstić information content (AvgIpc) is 3.47. The van der Waals surface area contributed by atoms with Crippen molar-refractivity contribution in [2.45, 2.75) is 5.41 Å². The highest BCUT2D eigenvalue weighted by Crippen LogP contribution is 2.56. The van der Waals surface area contributed by atoms with Crippen molar-refractivity contribution in [2.24, 2.45) is 0 Å². The van der Waals surface area contributed by atoms with Crippen molar-refractivity contribution in [3.63, 3.8) is 0 Å². The van der Waals surface area contributed by atoms with Crippen LogP contribution in [0.1, 0.15) is 22.3 Å². The van der Waals surface area contributed by atoms with E-state index in [0.29, 0.717) is 0 Å². The second-order valence-corrected chi connectivity index (χ2v) is 12.9. The summed E-state index contributed by atoms with van der Waals surface area (Å²) in [7, 11) is 0. The molecule has 0 amide bonds. The lowest BCUT2D eigenvalue weighted by molar-refractivity contribution is 0.769. The lowest BCUT2D eigenvalue weighted by atomic mass is 9.67. The quantitative estimate of drug-likeness (QED) is 0.183. The molecule has 0 atom stereocenters. The van der Waals surface area contributed by atoms with Gasteiger partial charge in [0.1, 0.15) is 0 Å². The topological polar surface area (TPSA) is 25.8 Å². The van der Waals surface area contributed by atoms with E-state index in [0.717, 1.165) is 38.9 Å². The maximum atomic E-state index is 5.28. The third-order valence-corrected chi connectivity index (χ3v) is 10.3. The van der Waals surface area contributed by atoms with Crippen molar-refractivity contribution >= 4 is 32.4 Å². The van der Waals surface area contributed by atoms with Gasteiger partial charge in [0, 0.05) is 21.9 Å². The molecule has 0 N–H and O–H groups in total. The number of rotatable bonds is 4. The first-order chi connectivity index (χ1) is 24.3. The van der Waals surface area contributed by atoms with Gasteiger partial charge in [-0.2, -0.15) is 0 Å². The van der Waals surface area contributed by atoms with Gasteiger partial charge < -0.3 is 0 Å². The van der Waals surface area contributed by atoms with Crippen LogP contribution in [0.25, 0.3) is 66.2 Å². The van der Waals surface area contributed by atoms with Crippen LogP contribution in [0.2, 0.25) is 0 Å². The molecule has 1 aromatic heterocycles. The molecule has 0 saturated heterocycles. The van der Waals surface area contributed by atoms with Crippen molar-refractivity contribution < 1.29 is 0 Å². The summed E-state index contributed by atoms with van der Waals surface area (Å²) in [6.07, 6.45) is 0. The number of hydrogen-bond donors (Lipinski definition) is 0. The molecule has 1 heterocycles. The molecule has 1 aliphatic rings. The zero-order chi connectivity index (χ0) is 32.4. The Balaban J connectivity index is 1.24. The second-order valence-electron chi connectivity index (χ2n) is 12.9. The van der Waals surface area contributed by atoms with Crippen LogP contribution in [0, 0.1) is 0 Å². The third kappa shape index (κ3) is 4.14. The molecule has 0 aliphatic heterocycles. The predicted molar refractivity (Wildman–Crippen MR) is 203 cm³/mol. The van der Waals surface area contributed by atoms with Crippen LogP contribution in [0.4, 0.5) is 0 Å². The van der Waals surface area contributed by atoms with Gasteiger partial charge in [-0.15, -0.1) is 0 Å². The first-order valence-corrected chi connectivity index (χ1v) is 16.8. The van der Waals surface area contributed by atoms with E-state index in [9.17, 15) is 0 Å². The molecule has 2 heteroatoms. The number of fused-ring (bicyclic) bond motifs is 7. The Morgan fingerprint density at radius 3 is 1.80 bits per heavy atom. The smallest absolute Gasteiger partial charge is 0.160 e. The van der Waals surface area contributed by atoms with Crippen LogP contribution in [0.15, 0.2) is 182 Å². The molecule has 0 saturated carbocycles. The molecule has 0 bridgehead atoms. The van der Waals surface area contributed by atoms with Gasteiger partial charge in [0.15, 0.2) is 5.82 Å². The number of nitrogens with zero attached hydrogens (tertiary/aromatic N) is 2. The molecule has 0 radical (unpaired) electrons. The maximum absolute atomic E-state index is 5.28. The minimum absolute atomic E-state index is 0.447. The van der Waals surface area contributed by atoms with Crippen LogP contribution in [0.5, 0.6) is 0 Å². The van der Waals surface area contributed by atoms with Gasteiger partial charge in [0.05, 0.1) is 16.6 Å². The fraction of sp³-hybridized carbons (Fsp3) is 0.0213. The summed E-state index contributed by atoms with van der Waals surface area (Å²) >= 11 is 0. The summed E-state index contributed by atoms with van der Waals surface area (Å²) in [5.41, 5.74) is 11.3. The summed E-state index contributed by atoms with van der Waals surface area (Å²) in [4.78, 5) is 10.6. The Bertz CT molecular complexity index is 2660. The van der Waals surface area contributed by atoms with Crippen LogP contribution in [-0.4, -0.2) is 9.97 Å². The van der Waals surface area contributed by atoms with Gasteiger partial charge in [-0.1, -0.05) is 158 Å². The van der Waals surface area contributed by atoms with Crippen molar-refractivity contribution in [1.82, 2.24) is 9.97 Å². The Hall–Kier alpha value is -6.38. The van der Waals surface area contributed by atoms with Gasteiger partial charge in [-0.3, -0.25) is 0 Å². The van der Waals surface area contributed by atoms with Crippen LogP contribution >= 0.6 is 0 Å². The number of benzene rings is 8. The van der Waals surface area contributed by atoms with E-state index in [1.165, 1.54) is 49.5 Å². The number of aromatic nitrogens is 2. The molecule has 228 valence electrons. The standard InChI is InChI=1S/C47H30N2/c1-4-15-32(16-5-1)44-40-27-26-31-14-10-11-21-38(31)45(40)49-46(48-44)34-25-24-33-29-41-39-22-12-13-23-42(39)47(36-17-6-2-7-18-36,37-19-8-3-9-20-37)43(41)30-35(33)28-34/h1-30H. The Morgan fingerprint density at radius 1 is 0.367 bits per heavy atom. The van der Waals surface area contributed by atoms with E-state index in [4.69, 9.17) is 9.97 Å². The van der Waals surface area contributed by atoms with Gasteiger partial charge in [0.2, 0.25) is 0 Å². The molecule has 10 rings (SSSR count). The normalized spacial score (nSPS) is 13.1.